The van der Waals surface area contributed by atoms with Crippen molar-refractivity contribution >= 4 is 12.0 Å². The molecule has 0 aromatic heterocycles. The number of rotatable bonds is 4. The second-order valence-electron chi connectivity index (χ2n) is 5.64. The van der Waals surface area contributed by atoms with Crippen molar-refractivity contribution in [3.8, 4) is 0 Å². The number of hydrogen-bond donors (Lipinski definition) is 3. The summed E-state index contributed by atoms with van der Waals surface area (Å²) in [7, 11) is 0. The van der Waals surface area contributed by atoms with E-state index in [0.717, 1.165) is 31.2 Å². The lowest BCUT2D eigenvalue weighted by Crippen LogP contribution is -2.45. The molecule has 5 heteroatoms. The van der Waals surface area contributed by atoms with Gasteiger partial charge in [-0.2, -0.15) is 0 Å². The topological polar surface area (TPSA) is 78.4 Å². The first-order chi connectivity index (χ1) is 10.1. The van der Waals surface area contributed by atoms with Gasteiger partial charge in [-0.15, -0.1) is 0 Å². The quantitative estimate of drug-likeness (QED) is 0.798. The number of hydrogen-bond acceptors (Lipinski definition) is 2. The van der Waals surface area contributed by atoms with Crippen LogP contribution in [0.5, 0.6) is 0 Å². The SMILES string of the molecule is Cc1cccc(C(NC(=O)NC2CCCCC2)C(=O)O)c1. The number of nitrogens with one attached hydrogen (secondary N) is 2. The molecule has 1 saturated carbocycles. The normalized spacial score (nSPS) is 17.0. The van der Waals surface area contributed by atoms with Crippen molar-refractivity contribution in [2.75, 3.05) is 0 Å². The van der Waals surface area contributed by atoms with Crippen molar-refractivity contribution in [3.05, 3.63) is 35.4 Å². The molecule has 0 radical (unpaired) electrons. The standard InChI is InChI=1S/C16H22N2O3/c1-11-6-5-7-12(10-11)14(15(19)20)18-16(21)17-13-8-3-2-4-9-13/h5-7,10,13-14H,2-4,8-9H2,1H3,(H,19,20)(H2,17,18,21). The molecule has 0 aliphatic heterocycles. The highest BCUT2D eigenvalue weighted by Crippen LogP contribution is 2.18. The Labute approximate surface area is 124 Å². The van der Waals surface area contributed by atoms with Crippen LogP contribution < -0.4 is 10.6 Å². The van der Waals surface area contributed by atoms with E-state index >= 15 is 0 Å². The van der Waals surface area contributed by atoms with Crippen LogP contribution in [0.25, 0.3) is 0 Å². The molecule has 0 heterocycles. The lowest BCUT2D eigenvalue weighted by Gasteiger charge is -2.24. The van der Waals surface area contributed by atoms with Gasteiger partial charge < -0.3 is 15.7 Å². The molecule has 3 N–H and O–H groups in total. The lowest BCUT2D eigenvalue weighted by molar-refractivity contribution is -0.139. The summed E-state index contributed by atoms with van der Waals surface area (Å²) in [5, 5.41) is 14.8. The first kappa shape index (κ1) is 15.4. The molecule has 1 unspecified atom stereocenters. The molecule has 1 aromatic rings. The summed E-state index contributed by atoms with van der Waals surface area (Å²) in [6.07, 6.45) is 5.38. The van der Waals surface area contributed by atoms with Crippen molar-refractivity contribution in [2.45, 2.75) is 51.1 Å². The Balaban J connectivity index is 1.99. The molecule has 2 rings (SSSR count). The number of carboxylic acid groups (broad SMARTS) is 1. The zero-order valence-corrected chi connectivity index (χ0v) is 12.3. The molecule has 114 valence electrons. The van der Waals surface area contributed by atoms with Gasteiger partial charge in [-0.3, -0.25) is 0 Å². The highest BCUT2D eigenvalue weighted by atomic mass is 16.4. The van der Waals surface area contributed by atoms with Crippen molar-refractivity contribution in [2.24, 2.45) is 0 Å². The minimum absolute atomic E-state index is 0.158. The maximum atomic E-state index is 12.0. The van der Waals surface area contributed by atoms with Crippen LogP contribution in [0.4, 0.5) is 4.79 Å². The maximum Gasteiger partial charge on any atom is 0.330 e. The van der Waals surface area contributed by atoms with Crippen molar-refractivity contribution < 1.29 is 14.7 Å². The summed E-state index contributed by atoms with van der Waals surface area (Å²) >= 11 is 0. The number of carbonyl (C=O) groups excluding carboxylic acids is 1. The van der Waals surface area contributed by atoms with Gasteiger partial charge in [0, 0.05) is 6.04 Å². The molecular formula is C16H22N2O3. The minimum atomic E-state index is -1.06. The third-order valence-corrected chi connectivity index (χ3v) is 3.84. The number of aliphatic carboxylic acids is 1. The molecule has 1 fully saturated rings. The van der Waals surface area contributed by atoms with Crippen LogP contribution in [0.1, 0.15) is 49.3 Å². The number of amides is 2. The fraction of sp³-hybridized carbons (Fsp3) is 0.500. The van der Waals surface area contributed by atoms with E-state index in [1.807, 2.05) is 13.0 Å². The smallest absolute Gasteiger partial charge is 0.330 e. The molecule has 0 bridgehead atoms. The van der Waals surface area contributed by atoms with Crippen LogP contribution in [0, 0.1) is 6.92 Å². The third kappa shape index (κ3) is 4.48. The number of carboxylic acids is 1. The summed E-state index contributed by atoms with van der Waals surface area (Å²) in [4.78, 5) is 23.4. The molecule has 1 aliphatic carbocycles. The number of aryl methyl sites for hydroxylation is 1. The van der Waals surface area contributed by atoms with Crippen molar-refractivity contribution in [3.63, 3.8) is 0 Å². The first-order valence-corrected chi connectivity index (χ1v) is 7.42. The summed E-state index contributed by atoms with van der Waals surface area (Å²) in [6, 6.07) is 5.91. The van der Waals surface area contributed by atoms with E-state index in [1.165, 1.54) is 6.42 Å². The second-order valence-corrected chi connectivity index (χ2v) is 5.64. The van der Waals surface area contributed by atoms with Gasteiger partial charge in [-0.05, 0) is 25.3 Å². The molecule has 5 nitrogen and oxygen atoms in total. The van der Waals surface area contributed by atoms with E-state index in [2.05, 4.69) is 10.6 Å². The van der Waals surface area contributed by atoms with Gasteiger partial charge in [0.15, 0.2) is 6.04 Å². The van der Waals surface area contributed by atoms with Crippen LogP contribution in [-0.4, -0.2) is 23.1 Å². The van der Waals surface area contributed by atoms with E-state index in [9.17, 15) is 14.7 Å². The number of urea groups is 1. The van der Waals surface area contributed by atoms with E-state index in [0.29, 0.717) is 5.56 Å². The highest BCUT2D eigenvalue weighted by Gasteiger charge is 2.23. The Morgan fingerprint density at radius 3 is 2.57 bits per heavy atom. The third-order valence-electron chi connectivity index (χ3n) is 3.84. The monoisotopic (exact) mass is 290 g/mol. The van der Waals surface area contributed by atoms with Gasteiger partial charge in [0.2, 0.25) is 0 Å². The Bertz CT molecular complexity index is 510. The maximum absolute atomic E-state index is 12.0. The van der Waals surface area contributed by atoms with E-state index < -0.39 is 18.0 Å². The zero-order chi connectivity index (χ0) is 15.2. The summed E-state index contributed by atoms with van der Waals surface area (Å²) in [6.45, 7) is 1.89. The molecule has 21 heavy (non-hydrogen) atoms. The number of benzene rings is 1. The summed E-state index contributed by atoms with van der Waals surface area (Å²) in [5.74, 6) is -1.06. The molecule has 1 aromatic carbocycles. The predicted octanol–water partition coefficient (Wildman–Crippen LogP) is 2.75. The lowest BCUT2D eigenvalue weighted by atomic mass is 9.96. The average molecular weight is 290 g/mol. The molecule has 0 saturated heterocycles. The van der Waals surface area contributed by atoms with Gasteiger partial charge in [0.05, 0.1) is 0 Å². The summed E-state index contributed by atoms with van der Waals surface area (Å²) < 4.78 is 0. The van der Waals surface area contributed by atoms with E-state index in [4.69, 9.17) is 0 Å². The van der Waals surface area contributed by atoms with Crippen LogP contribution in [0.15, 0.2) is 24.3 Å². The van der Waals surface area contributed by atoms with Crippen LogP contribution in [-0.2, 0) is 4.79 Å². The number of carbonyl (C=O) groups is 2. The molecule has 2 amide bonds. The zero-order valence-electron chi connectivity index (χ0n) is 12.3. The fourth-order valence-electron chi connectivity index (χ4n) is 2.74. The Morgan fingerprint density at radius 1 is 1.24 bits per heavy atom. The second kappa shape index (κ2) is 7.11. The van der Waals surface area contributed by atoms with Gasteiger partial charge >= 0.3 is 12.0 Å². The van der Waals surface area contributed by atoms with Gasteiger partial charge in [0.1, 0.15) is 0 Å². The molecule has 1 atom stereocenters. The molecular weight excluding hydrogens is 268 g/mol. The van der Waals surface area contributed by atoms with E-state index in [-0.39, 0.29) is 6.04 Å². The Hall–Kier alpha value is -2.04. The largest absolute Gasteiger partial charge is 0.479 e. The molecule has 1 aliphatic rings. The van der Waals surface area contributed by atoms with E-state index in [1.54, 1.807) is 18.2 Å². The van der Waals surface area contributed by atoms with Crippen molar-refractivity contribution in [1.82, 2.24) is 10.6 Å². The van der Waals surface area contributed by atoms with Gasteiger partial charge in [-0.25, -0.2) is 9.59 Å². The van der Waals surface area contributed by atoms with Crippen molar-refractivity contribution in [1.29, 1.82) is 0 Å². The first-order valence-electron chi connectivity index (χ1n) is 7.42. The predicted molar refractivity (Wildman–Crippen MR) is 80.1 cm³/mol. The van der Waals surface area contributed by atoms with Crippen LogP contribution >= 0.6 is 0 Å². The molecule has 0 spiro atoms. The van der Waals surface area contributed by atoms with Crippen LogP contribution in [0.3, 0.4) is 0 Å². The van der Waals surface area contributed by atoms with Gasteiger partial charge in [0.25, 0.3) is 0 Å². The summed E-state index contributed by atoms with van der Waals surface area (Å²) in [5.41, 5.74) is 1.55. The minimum Gasteiger partial charge on any atom is -0.479 e. The van der Waals surface area contributed by atoms with Crippen LogP contribution in [0.2, 0.25) is 0 Å². The fourth-order valence-corrected chi connectivity index (χ4v) is 2.74. The Morgan fingerprint density at radius 2 is 1.95 bits per heavy atom. The highest BCUT2D eigenvalue weighted by molar-refractivity contribution is 5.83. The Kier molecular flexibility index (Phi) is 5.20. The van der Waals surface area contributed by atoms with Gasteiger partial charge in [-0.1, -0.05) is 49.1 Å². The average Bonchev–Trinajstić information content (AvgIpc) is 2.45.